The van der Waals surface area contributed by atoms with Crippen LogP contribution >= 0.6 is 34.4 Å². The number of hydrogen-bond acceptors (Lipinski definition) is 4. The summed E-state index contributed by atoms with van der Waals surface area (Å²) < 4.78 is 0.994. The van der Waals surface area contributed by atoms with Gasteiger partial charge in [-0.05, 0) is 48.1 Å². The van der Waals surface area contributed by atoms with Crippen molar-refractivity contribution in [1.29, 1.82) is 0 Å². The number of nitrogens with two attached hydrogens (primary N) is 1. The highest BCUT2D eigenvalue weighted by Crippen LogP contribution is 2.24. The monoisotopic (exact) mass is 399 g/mol. The van der Waals surface area contributed by atoms with Gasteiger partial charge < -0.3 is 5.73 Å². The summed E-state index contributed by atoms with van der Waals surface area (Å²) >= 11 is 3.98. The number of aryl methyl sites for hydroxylation is 2. The summed E-state index contributed by atoms with van der Waals surface area (Å²) in [5.41, 5.74) is 8.32. The van der Waals surface area contributed by atoms with E-state index in [1.165, 1.54) is 10.5 Å². The maximum atomic E-state index is 5.98. The van der Waals surface area contributed by atoms with Crippen molar-refractivity contribution < 1.29 is 0 Å². The number of anilines is 1. The summed E-state index contributed by atoms with van der Waals surface area (Å²) in [7, 11) is 0. The first-order valence-electron chi connectivity index (χ1n) is 6.60. The maximum absolute atomic E-state index is 5.98. The molecule has 0 amide bonds. The standard InChI is InChI=1S/C15H18IN3S/c1-3-5-12-14(16)15(17)19-13(18-12)9-20-11-7-4-6-10(2)8-11/h4,6-8H,3,5,9H2,1-2H3,(H2,17,18,19). The lowest BCUT2D eigenvalue weighted by Crippen LogP contribution is -2.06. The Morgan fingerprint density at radius 3 is 2.80 bits per heavy atom. The smallest absolute Gasteiger partial charge is 0.141 e. The van der Waals surface area contributed by atoms with Crippen LogP contribution in [0.15, 0.2) is 29.2 Å². The van der Waals surface area contributed by atoms with Crippen LogP contribution in [0.3, 0.4) is 0 Å². The zero-order valence-electron chi connectivity index (χ0n) is 11.7. The van der Waals surface area contributed by atoms with Crippen LogP contribution in [0, 0.1) is 10.5 Å². The molecule has 0 aliphatic heterocycles. The van der Waals surface area contributed by atoms with Gasteiger partial charge in [-0.3, -0.25) is 0 Å². The second-order valence-corrected chi connectivity index (χ2v) is 6.77. The van der Waals surface area contributed by atoms with Crippen LogP contribution in [0.4, 0.5) is 5.82 Å². The largest absolute Gasteiger partial charge is 0.383 e. The lowest BCUT2D eigenvalue weighted by molar-refractivity contribution is 0.848. The lowest BCUT2D eigenvalue weighted by atomic mass is 10.2. The van der Waals surface area contributed by atoms with Crippen molar-refractivity contribution in [3.63, 3.8) is 0 Å². The van der Waals surface area contributed by atoms with E-state index in [-0.39, 0.29) is 0 Å². The minimum atomic E-state index is 0.601. The molecule has 1 aromatic carbocycles. The summed E-state index contributed by atoms with van der Waals surface area (Å²) in [5, 5.41) is 0. The van der Waals surface area contributed by atoms with Gasteiger partial charge in [0.2, 0.25) is 0 Å². The molecule has 3 nitrogen and oxygen atoms in total. The Balaban J connectivity index is 2.13. The van der Waals surface area contributed by atoms with Crippen LogP contribution in [0.1, 0.15) is 30.4 Å². The Morgan fingerprint density at radius 2 is 2.10 bits per heavy atom. The molecule has 0 saturated heterocycles. The van der Waals surface area contributed by atoms with E-state index in [0.29, 0.717) is 5.82 Å². The molecule has 1 heterocycles. The van der Waals surface area contributed by atoms with Gasteiger partial charge in [-0.15, -0.1) is 11.8 Å². The Morgan fingerprint density at radius 1 is 1.30 bits per heavy atom. The van der Waals surface area contributed by atoms with E-state index in [4.69, 9.17) is 5.73 Å². The molecule has 0 fully saturated rings. The van der Waals surface area contributed by atoms with Gasteiger partial charge in [0, 0.05) is 4.90 Å². The number of thioether (sulfide) groups is 1. The molecule has 106 valence electrons. The van der Waals surface area contributed by atoms with E-state index in [0.717, 1.165) is 33.7 Å². The number of benzene rings is 1. The quantitative estimate of drug-likeness (QED) is 0.605. The second-order valence-electron chi connectivity index (χ2n) is 4.64. The zero-order chi connectivity index (χ0) is 14.5. The third-order valence-electron chi connectivity index (χ3n) is 2.84. The molecule has 20 heavy (non-hydrogen) atoms. The first kappa shape index (κ1) is 15.6. The molecule has 0 aliphatic carbocycles. The predicted octanol–water partition coefficient (Wildman–Crippen LogP) is 4.22. The summed E-state index contributed by atoms with van der Waals surface area (Å²) in [4.78, 5) is 10.3. The number of nitrogens with zero attached hydrogens (tertiary/aromatic N) is 2. The van der Waals surface area contributed by atoms with E-state index in [9.17, 15) is 0 Å². The third-order valence-corrected chi connectivity index (χ3v) is 5.00. The molecule has 5 heteroatoms. The van der Waals surface area contributed by atoms with Crippen molar-refractivity contribution in [3.8, 4) is 0 Å². The van der Waals surface area contributed by atoms with Crippen molar-refractivity contribution >= 4 is 40.2 Å². The predicted molar refractivity (Wildman–Crippen MR) is 93.9 cm³/mol. The van der Waals surface area contributed by atoms with Crippen molar-refractivity contribution in [2.45, 2.75) is 37.3 Å². The molecule has 1 aromatic heterocycles. The van der Waals surface area contributed by atoms with Crippen LogP contribution in [0.2, 0.25) is 0 Å². The average molecular weight is 399 g/mol. The fraction of sp³-hybridized carbons (Fsp3) is 0.333. The van der Waals surface area contributed by atoms with Crippen LogP contribution in [-0.2, 0) is 12.2 Å². The number of nitrogen functional groups attached to an aromatic ring is 1. The summed E-state index contributed by atoms with van der Waals surface area (Å²) in [5.74, 6) is 2.17. The van der Waals surface area contributed by atoms with Gasteiger partial charge in [-0.1, -0.05) is 31.0 Å². The fourth-order valence-electron chi connectivity index (χ4n) is 1.89. The first-order valence-corrected chi connectivity index (χ1v) is 8.66. The van der Waals surface area contributed by atoms with Gasteiger partial charge in [0.15, 0.2) is 0 Å². The second kappa shape index (κ2) is 7.26. The highest BCUT2D eigenvalue weighted by molar-refractivity contribution is 14.1. The molecule has 0 atom stereocenters. The highest BCUT2D eigenvalue weighted by Gasteiger charge is 2.09. The number of rotatable bonds is 5. The molecule has 2 N–H and O–H groups in total. The van der Waals surface area contributed by atoms with E-state index < -0.39 is 0 Å². The van der Waals surface area contributed by atoms with Gasteiger partial charge in [0.1, 0.15) is 11.6 Å². The van der Waals surface area contributed by atoms with Crippen molar-refractivity contribution in [1.82, 2.24) is 9.97 Å². The first-order chi connectivity index (χ1) is 9.60. The number of hydrogen-bond donors (Lipinski definition) is 1. The summed E-state index contributed by atoms with van der Waals surface area (Å²) in [6.45, 7) is 4.25. The van der Waals surface area contributed by atoms with E-state index in [1.54, 1.807) is 11.8 Å². The molecule has 0 bridgehead atoms. The van der Waals surface area contributed by atoms with Crippen molar-refractivity contribution in [2.24, 2.45) is 0 Å². The molecule has 2 rings (SSSR count). The molecule has 0 radical (unpaired) electrons. The zero-order valence-corrected chi connectivity index (χ0v) is 14.7. The number of aromatic nitrogens is 2. The van der Waals surface area contributed by atoms with Crippen molar-refractivity contribution in [2.75, 3.05) is 5.73 Å². The molecular formula is C15H18IN3S. The third kappa shape index (κ3) is 4.09. The molecule has 0 saturated carbocycles. The number of halogens is 1. The maximum Gasteiger partial charge on any atom is 0.141 e. The highest BCUT2D eigenvalue weighted by atomic mass is 127. The van der Waals surface area contributed by atoms with E-state index >= 15 is 0 Å². The van der Waals surface area contributed by atoms with E-state index in [2.05, 4.69) is 70.7 Å². The van der Waals surface area contributed by atoms with Gasteiger partial charge in [-0.2, -0.15) is 0 Å². The normalized spacial score (nSPS) is 10.8. The molecule has 2 aromatic rings. The SMILES string of the molecule is CCCc1nc(CSc2cccc(C)c2)nc(N)c1I. The van der Waals surface area contributed by atoms with E-state index in [1.807, 2.05) is 0 Å². The molecular weight excluding hydrogens is 381 g/mol. The Kier molecular flexibility index (Phi) is 5.65. The van der Waals surface area contributed by atoms with Gasteiger partial charge in [0.05, 0.1) is 15.0 Å². The minimum absolute atomic E-state index is 0.601. The summed E-state index contributed by atoms with van der Waals surface area (Å²) in [6.07, 6.45) is 2.02. The van der Waals surface area contributed by atoms with Gasteiger partial charge >= 0.3 is 0 Å². The lowest BCUT2D eigenvalue weighted by Gasteiger charge is -2.08. The molecule has 0 unspecified atom stereocenters. The molecule has 0 aliphatic rings. The topological polar surface area (TPSA) is 51.8 Å². The van der Waals surface area contributed by atoms with Crippen LogP contribution in [-0.4, -0.2) is 9.97 Å². The fourth-order valence-corrected chi connectivity index (χ4v) is 3.27. The Bertz CT molecular complexity index is 602. The average Bonchev–Trinajstić information content (AvgIpc) is 2.42. The Labute approximate surface area is 137 Å². The van der Waals surface area contributed by atoms with Crippen LogP contribution in [0.5, 0.6) is 0 Å². The van der Waals surface area contributed by atoms with Crippen LogP contribution < -0.4 is 5.73 Å². The van der Waals surface area contributed by atoms with Crippen LogP contribution in [0.25, 0.3) is 0 Å². The Hall–Kier alpha value is -0.820. The van der Waals surface area contributed by atoms with Crippen molar-refractivity contribution in [3.05, 3.63) is 44.9 Å². The summed E-state index contributed by atoms with van der Waals surface area (Å²) in [6, 6.07) is 8.46. The minimum Gasteiger partial charge on any atom is -0.383 e. The molecule has 0 spiro atoms. The van der Waals surface area contributed by atoms with Gasteiger partial charge in [0.25, 0.3) is 0 Å². The van der Waals surface area contributed by atoms with Gasteiger partial charge in [-0.25, -0.2) is 9.97 Å².